The largest absolute Gasteiger partial charge is 0.493 e. The lowest BCUT2D eigenvalue weighted by Crippen LogP contribution is -2.48. The van der Waals surface area contributed by atoms with Gasteiger partial charge in [0.15, 0.2) is 11.6 Å². The summed E-state index contributed by atoms with van der Waals surface area (Å²) in [4.78, 5) is 6.84. The second-order valence-corrected chi connectivity index (χ2v) is 5.18. The average molecular weight is 263 g/mol. The monoisotopic (exact) mass is 263 g/mol. The number of pyridine rings is 1. The first kappa shape index (κ1) is 12.7. The Balaban J connectivity index is 1.54. The van der Waals surface area contributed by atoms with Gasteiger partial charge in [0, 0.05) is 25.3 Å². The highest BCUT2D eigenvalue weighted by Gasteiger charge is 2.32. The van der Waals surface area contributed by atoms with E-state index in [0.29, 0.717) is 6.04 Å². The van der Waals surface area contributed by atoms with Crippen LogP contribution in [-0.2, 0) is 4.74 Å². The highest BCUT2D eigenvalue weighted by atomic mass is 16.5. The number of hydrogen-bond donors (Lipinski definition) is 1. The molecule has 0 radical (unpaired) electrons. The van der Waals surface area contributed by atoms with E-state index < -0.39 is 0 Å². The minimum atomic E-state index is 0.237. The van der Waals surface area contributed by atoms with E-state index in [2.05, 4.69) is 15.2 Å². The summed E-state index contributed by atoms with van der Waals surface area (Å²) in [6.45, 7) is 3.88. The number of hydrogen-bond acceptors (Lipinski definition) is 5. The zero-order chi connectivity index (χ0) is 13.1. The summed E-state index contributed by atoms with van der Waals surface area (Å²) in [6, 6.07) is 4.43. The van der Waals surface area contributed by atoms with Crippen LogP contribution in [0.25, 0.3) is 0 Å². The minimum Gasteiger partial charge on any atom is -0.493 e. The normalized spacial score (nSPS) is 27.0. The third-order valence-electron chi connectivity index (χ3n) is 3.95. The molecule has 0 aliphatic carbocycles. The third-order valence-corrected chi connectivity index (χ3v) is 3.95. The predicted octanol–water partition coefficient (Wildman–Crippen LogP) is 1.37. The van der Waals surface area contributed by atoms with Crippen LogP contribution in [0.15, 0.2) is 18.3 Å². The van der Waals surface area contributed by atoms with Crippen molar-refractivity contribution in [3.8, 4) is 5.75 Å². The number of methoxy groups -OCH3 is 1. The smallest absolute Gasteiger partial charge is 0.168 e. The summed E-state index contributed by atoms with van der Waals surface area (Å²) in [6.07, 6.45) is 4.60. The highest BCUT2D eigenvalue weighted by Crippen LogP contribution is 2.24. The Morgan fingerprint density at radius 3 is 3.42 bits per heavy atom. The van der Waals surface area contributed by atoms with Crippen molar-refractivity contribution in [2.24, 2.45) is 0 Å². The first-order chi connectivity index (χ1) is 9.36. The molecule has 1 aromatic heterocycles. The van der Waals surface area contributed by atoms with Crippen LogP contribution >= 0.6 is 0 Å². The van der Waals surface area contributed by atoms with Gasteiger partial charge in [-0.3, -0.25) is 4.90 Å². The van der Waals surface area contributed by atoms with Crippen LogP contribution in [0.4, 0.5) is 5.82 Å². The van der Waals surface area contributed by atoms with Crippen molar-refractivity contribution in [3.63, 3.8) is 0 Å². The zero-order valence-corrected chi connectivity index (χ0v) is 11.3. The van der Waals surface area contributed by atoms with Gasteiger partial charge in [-0.15, -0.1) is 0 Å². The zero-order valence-electron chi connectivity index (χ0n) is 11.3. The number of nitrogens with zero attached hydrogens (tertiary/aromatic N) is 2. The number of anilines is 1. The Bertz CT molecular complexity index is 427. The molecule has 0 amide bonds. The van der Waals surface area contributed by atoms with E-state index in [1.165, 1.54) is 19.4 Å². The molecule has 1 aromatic rings. The van der Waals surface area contributed by atoms with Crippen LogP contribution in [0, 0.1) is 0 Å². The molecule has 3 heterocycles. The van der Waals surface area contributed by atoms with E-state index in [-0.39, 0.29) is 6.10 Å². The van der Waals surface area contributed by atoms with Gasteiger partial charge in [0.1, 0.15) is 0 Å². The van der Waals surface area contributed by atoms with Crippen LogP contribution in [0.2, 0.25) is 0 Å². The standard InChI is InChI=1S/C14H21N3O2/c1-18-13-5-2-6-15-14(13)16-8-12-9-17-7-3-4-11(17)10-19-12/h2,5-6,11-12H,3-4,7-10H2,1H3,(H,15,16). The second-order valence-electron chi connectivity index (χ2n) is 5.18. The number of aromatic nitrogens is 1. The van der Waals surface area contributed by atoms with Gasteiger partial charge in [-0.05, 0) is 31.5 Å². The molecular weight excluding hydrogens is 242 g/mol. The topological polar surface area (TPSA) is 46.6 Å². The molecule has 5 nitrogen and oxygen atoms in total. The first-order valence-electron chi connectivity index (χ1n) is 6.95. The molecule has 19 heavy (non-hydrogen) atoms. The van der Waals surface area contributed by atoms with E-state index >= 15 is 0 Å². The van der Waals surface area contributed by atoms with Gasteiger partial charge in [0.2, 0.25) is 0 Å². The number of rotatable bonds is 4. The molecule has 2 fully saturated rings. The van der Waals surface area contributed by atoms with Crippen molar-refractivity contribution in [2.45, 2.75) is 25.0 Å². The molecule has 2 aliphatic rings. The lowest BCUT2D eigenvalue weighted by atomic mass is 10.2. The van der Waals surface area contributed by atoms with Gasteiger partial charge in [0.05, 0.1) is 19.8 Å². The van der Waals surface area contributed by atoms with Gasteiger partial charge in [-0.2, -0.15) is 0 Å². The molecular formula is C14H21N3O2. The number of nitrogens with one attached hydrogen (secondary N) is 1. The predicted molar refractivity (Wildman–Crippen MR) is 73.6 cm³/mol. The van der Waals surface area contributed by atoms with E-state index in [1.807, 2.05) is 12.1 Å². The number of ether oxygens (including phenoxy) is 2. The Labute approximate surface area is 113 Å². The highest BCUT2D eigenvalue weighted by molar-refractivity contribution is 5.49. The lowest BCUT2D eigenvalue weighted by Gasteiger charge is -2.35. The molecule has 0 spiro atoms. The van der Waals surface area contributed by atoms with E-state index in [1.54, 1.807) is 13.3 Å². The fraction of sp³-hybridized carbons (Fsp3) is 0.643. The second kappa shape index (κ2) is 5.75. The molecule has 2 atom stereocenters. The van der Waals surface area contributed by atoms with Crippen LogP contribution in [0.3, 0.4) is 0 Å². The summed E-state index contributed by atoms with van der Waals surface area (Å²) < 4.78 is 11.2. The van der Waals surface area contributed by atoms with E-state index in [0.717, 1.165) is 31.3 Å². The van der Waals surface area contributed by atoms with Gasteiger partial charge in [0.25, 0.3) is 0 Å². The Kier molecular flexibility index (Phi) is 3.84. The number of fused-ring (bicyclic) bond motifs is 1. The maximum absolute atomic E-state index is 5.91. The molecule has 2 aliphatic heterocycles. The molecule has 0 saturated carbocycles. The molecule has 0 aromatic carbocycles. The molecule has 2 unspecified atom stereocenters. The Morgan fingerprint density at radius 2 is 2.53 bits per heavy atom. The average Bonchev–Trinajstić information content (AvgIpc) is 2.93. The molecule has 1 N–H and O–H groups in total. The van der Waals surface area contributed by atoms with Crippen LogP contribution in [-0.4, -0.2) is 55.4 Å². The molecule has 3 rings (SSSR count). The molecule has 104 valence electrons. The van der Waals surface area contributed by atoms with Crippen molar-refractivity contribution in [1.29, 1.82) is 0 Å². The first-order valence-corrected chi connectivity index (χ1v) is 6.95. The van der Waals surface area contributed by atoms with Crippen LogP contribution < -0.4 is 10.1 Å². The molecule has 2 saturated heterocycles. The van der Waals surface area contributed by atoms with Crippen molar-refractivity contribution in [1.82, 2.24) is 9.88 Å². The molecule has 0 bridgehead atoms. The SMILES string of the molecule is COc1cccnc1NCC1CN2CCCC2CO1. The van der Waals surface area contributed by atoms with Gasteiger partial charge < -0.3 is 14.8 Å². The van der Waals surface area contributed by atoms with Gasteiger partial charge >= 0.3 is 0 Å². The maximum atomic E-state index is 5.91. The summed E-state index contributed by atoms with van der Waals surface area (Å²) in [5.74, 6) is 1.56. The van der Waals surface area contributed by atoms with Crippen LogP contribution in [0.5, 0.6) is 5.75 Å². The minimum absolute atomic E-state index is 0.237. The van der Waals surface area contributed by atoms with Crippen LogP contribution in [0.1, 0.15) is 12.8 Å². The summed E-state index contributed by atoms with van der Waals surface area (Å²) in [5.41, 5.74) is 0. The van der Waals surface area contributed by atoms with Crippen molar-refractivity contribution in [2.75, 3.05) is 38.7 Å². The summed E-state index contributed by atoms with van der Waals surface area (Å²) in [5, 5.41) is 3.33. The van der Waals surface area contributed by atoms with Crippen molar-refractivity contribution in [3.05, 3.63) is 18.3 Å². The third kappa shape index (κ3) is 2.82. The quantitative estimate of drug-likeness (QED) is 0.889. The lowest BCUT2D eigenvalue weighted by molar-refractivity contribution is -0.0416. The van der Waals surface area contributed by atoms with E-state index in [4.69, 9.17) is 9.47 Å². The van der Waals surface area contributed by atoms with Gasteiger partial charge in [-0.25, -0.2) is 4.98 Å². The summed E-state index contributed by atoms with van der Waals surface area (Å²) >= 11 is 0. The number of morpholine rings is 1. The Hall–Kier alpha value is -1.33. The van der Waals surface area contributed by atoms with Gasteiger partial charge in [-0.1, -0.05) is 0 Å². The van der Waals surface area contributed by atoms with Crippen molar-refractivity contribution < 1.29 is 9.47 Å². The van der Waals surface area contributed by atoms with Crippen molar-refractivity contribution >= 4 is 5.82 Å². The fourth-order valence-corrected chi connectivity index (χ4v) is 2.91. The molecule has 5 heteroatoms. The Morgan fingerprint density at radius 1 is 1.58 bits per heavy atom. The summed E-state index contributed by atoms with van der Waals surface area (Å²) in [7, 11) is 1.66. The fourth-order valence-electron chi connectivity index (χ4n) is 2.91. The maximum Gasteiger partial charge on any atom is 0.168 e. The van der Waals surface area contributed by atoms with E-state index in [9.17, 15) is 0 Å².